The van der Waals surface area contributed by atoms with Crippen LogP contribution in [0.25, 0.3) is 11.0 Å². The van der Waals surface area contributed by atoms with E-state index < -0.39 is 11.2 Å². The van der Waals surface area contributed by atoms with E-state index in [9.17, 15) is 14.4 Å². The van der Waals surface area contributed by atoms with Crippen molar-refractivity contribution in [1.82, 2.24) is 9.55 Å². The zero-order valence-electron chi connectivity index (χ0n) is 19.3. The fourth-order valence-corrected chi connectivity index (χ4v) is 3.92. The number of benzene rings is 2. The van der Waals surface area contributed by atoms with Crippen molar-refractivity contribution in [1.29, 1.82) is 0 Å². The van der Waals surface area contributed by atoms with Crippen LogP contribution in [0.15, 0.2) is 65.6 Å². The van der Waals surface area contributed by atoms with Gasteiger partial charge in [-0.3, -0.25) is 14.4 Å². The van der Waals surface area contributed by atoms with E-state index in [4.69, 9.17) is 21.1 Å². The minimum absolute atomic E-state index is 0.0725. The molecule has 178 valence electrons. The van der Waals surface area contributed by atoms with Crippen LogP contribution in [0.1, 0.15) is 21.6 Å². The Bertz CT molecular complexity index is 1510. The van der Waals surface area contributed by atoms with E-state index >= 15 is 0 Å². The van der Waals surface area contributed by atoms with Gasteiger partial charge in [-0.15, -0.1) is 0 Å². The van der Waals surface area contributed by atoms with Gasteiger partial charge in [0, 0.05) is 23.1 Å². The summed E-state index contributed by atoms with van der Waals surface area (Å²) in [6.07, 6.45) is 1.37. The monoisotopic (exact) mass is 491 g/mol. The molecule has 0 atom stereocenters. The molecule has 4 rings (SSSR count). The lowest BCUT2D eigenvalue weighted by Gasteiger charge is -2.14. The Balaban J connectivity index is 1.73. The van der Waals surface area contributed by atoms with Crippen LogP contribution in [0, 0.1) is 6.92 Å². The number of pyridine rings is 2. The summed E-state index contributed by atoms with van der Waals surface area (Å²) in [5.41, 5.74) is 1.21. The highest BCUT2D eigenvalue weighted by Crippen LogP contribution is 2.27. The van der Waals surface area contributed by atoms with Crippen molar-refractivity contribution >= 4 is 40.0 Å². The van der Waals surface area contributed by atoms with Gasteiger partial charge in [0.1, 0.15) is 23.7 Å². The number of anilines is 1. The summed E-state index contributed by atoms with van der Waals surface area (Å²) in [7, 11) is 3.00. The minimum atomic E-state index is -0.479. The number of hydrogen-bond acceptors (Lipinski definition) is 6. The average molecular weight is 492 g/mol. The summed E-state index contributed by atoms with van der Waals surface area (Å²) >= 11 is 6.15. The minimum Gasteiger partial charge on any atom is -0.497 e. The van der Waals surface area contributed by atoms with Gasteiger partial charge in [0.15, 0.2) is 5.78 Å². The summed E-state index contributed by atoms with van der Waals surface area (Å²) in [5, 5.41) is 3.35. The number of methoxy groups -OCH3 is 2. The SMILES string of the molecule is COc1cccc(C(=O)c2cn(CC(=O)Nc3ccc(OC)c(Cl)c3)c3nc(C)ccc3c2=O)c1. The summed E-state index contributed by atoms with van der Waals surface area (Å²) in [6.45, 7) is 1.60. The smallest absolute Gasteiger partial charge is 0.244 e. The number of fused-ring (bicyclic) bond motifs is 1. The van der Waals surface area contributed by atoms with E-state index in [2.05, 4.69) is 10.3 Å². The second kappa shape index (κ2) is 9.99. The Kier molecular flexibility index (Phi) is 6.84. The molecule has 0 bridgehead atoms. The predicted molar refractivity (Wildman–Crippen MR) is 134 cm³/mol. The Hall–Kier alpha value is -4.17. The normalized spacial score (nSPS) is 10.7. The van der Waals surface area contributed by atoms with Gasteiger partial charge in [-0.05, 0) is 49.4 Å². The van der Waals surface area contributed by atoms with Crippen molar-refractivity contribution in [3.8, 4) is 11.5 Å². The van der Waals surface area contributed by atoms with Gasteiger partial charge in [0.05, 0.1) is 30.2 Å². The van der Waals surface area contributed by atoms with Crippen LogP contribution in [-0.4, -0.2) is 35.5 Å². The molecule has 2 heterocycles. The van der Waals surface area contributed by atoms with Gasteiger partial charge in [-0.2, -0.15) is 0 Å². The lowest BCUT2D eigenvalue weighted by molar-refractivity contribution is -0.116. The third-order valence-corrected chi connectivity index (χ3v) is 5.68. The molecular weight excluding hydrogens is 470 g/mol. The number of nitrogens with zero attached hydrogens (tertiary/aromatic N) is 2. The highest BCUT2D eigenvalue weighted by Gasteiger charge is 2.19. The molecule has 1 N–H and O–H groups in total. The number of nitrogens with one attached hydrogen (secondary N) is 1. The summed E-state index contributed by atoms with van der Waals surface area (Å²) in [5.74, 6) is 0.106. The van der Waals surface area contributed by atoms with Crippen LogP contribution in [0.3, 0.4) is 0 Å². The number of ketones is 1. The van der Waals surface area contributed by atoms with Gasteiger partial charge < -0.3 is 19.4 Å². The molecule has 4 aromatic rings. The molecule has 8 nitrogen and oxygen atoms in total. The maximum Gasteiger partial charge on any atom is 0.244 e. The first-order chi connectivity index (χ1) is 16.8. The number of ether oxygens (including phenoxy) is 2. The van der Waals surface area contributed by atoms with Crippen LogP contribution in [0.4, 0.5) is 5.69 Å². The Morgan fingerprint density at radius 1 is 1.06 bits per heavy atom. The number of carbonyl (C=O) groups is 2. The molecule has 35 heavy (non-hydrogen) atoms. The highest BCUT2D eigenvalue weighted by atomic mass is 35.5. The number of aromatic nitrogens is 2. The molecule has 9 heteroatoms. The van der Waals surface area contributed by atoms with Crippen LogP contribution in [0.2, 0.25) is 5.02 Å². The average Bonchev–Trinajstić information content (AvgIpc) is 2.85. The van der Waals surface area contributed by atoms with E-state index in [1.165, 1.54) is 25.0 Å². The third kappa shape index (κ3) is 5.02. The van der Waals surface area contributed by atoms with E-state index in [1.807, 2.05) is 0 Å². The van der Waals surface area contributed by atoms with E-state index in [0.29, 0.717) is 39.1 Å². The lowest BCUT2D eigenvalue weighted by Crippen LogP contribution is -2.25. The van der Waals surface area contributed by atoms with Crippen LogP contribution in [-0.2, 0) is 11.3 Å². The quantitative estimate of drug-likeness (QED) is 0.388. The Morgan fingerprint density at radius 2 is 1.86 bits per heavy atom. The van der Waals surface area contributed by atoms with Crippen molar-refractivity contribution < 1.29 is 19.1 Å². The van der Waals surface area contributed by atoms with Crippen LogP contribution >= 0.6 is 11.6 Å². The summed E-state index contributed by atoms with van der Waals surface area (Å²) in [4.78, 5) is 43.8. The maximum atomic E-state index is 13.3. The zero-order valence-corrected chi connectivity index (χ0v) is 20.1. The van der Waals surface area contributed by atoms with Crippen molar-refractivity contribution in [2.75, 3.05) is 19.5 Å². The summed E-state index contributed by atoms with van der Waals surface area (Å²) in [6, 6.07) is 14.7. The van der Waals surface area contributed by atoms with Gasteiger partial charge in [0.2, 0.25) is 11.3 Å². The number of carbonyl (C=O) groups excluding carboxylic acids is 2. The zero-order chi connectivity index (χ0) is 25.1. The van der Waals surface area contributed by atoms with Gasteiger partial charge in [0.25, 0.3) is 0 Å². The van der Waals surface area contributed by atoms with Crippen molar-refractivity contribution in [2.24, 2.45) is 0 Å². The Labute approximate surface area is 206 Å². The molecule has 0 fully saturated rings. The standard InChI is InChI=1S/C26H22ClN3O5/c1-15-7-9-19-25(33)20(24(32)16-5-4-6-18(11-16)34-2)13-30(26(19)28-15)14-23(31)29-17-8-10-22(35-3)21(27)12-17/h4-13H,14H2,1-3H3,(H,29,31). The molecule has 0 saturated heterocycles. The topological polar surface area (TPSA) is 99.5 Å². The fraction of sp³-hybridized carbons (Fsp3) is 0.154. The Morgan fingerprint density at radius 3 is 2.57 bits per heavy atom. The maximum absolute atomic E-state index is 13.3. The fourth-order valence-electron chi connectivity index (χ4n) is 3.66. The molecule has 2 aromatic heterocycles. The summed E-state index contributed by atoms with van der Waals surface area (Å²) < 4.78 is 11.8. The first-order valence-corrected chi connectivity index (χ1v) is 11.0. The second-order valence-corrected chi connectivity index (χ2v) is 8.19. The molecular formula is C26H22ClN3O5. The third-order valence-electron chi connectivity index (χ3n) is 5.39. The van der Waals surface area contributed by atoms with E-state index in [-0.39, 0.29) is 23.4 Å². The predicted octanol–water partition coefficient (Wildman–Crippen LogP) is 4.25. The van der Waals surface area contributed by atoms with E-state index in [1.54, 1.807) is 61.5 Å². The first kappa shape index (κ1) is 24.0. The van der Waals surface area contributed by atoms with Crippen molar-refractivity contribution in [3.05, 3.63) is 92.9 Å². The molecule has 0 spiro atoms. The number of rotatable bonds is 7. The van der Waals surface area contributed by atoms with Crippen molar-refractivity contribution in [3.63, 3.8) is 0 Å². The lowest BCUT2D eigenvalue weighted by atomic mass is 10.0. The van der Waals surface area contributed by atoms with Crippen LogP contribution < -0.4 is 20.2 Å². The largest absolute Gasteiger partial charge is 0.497 e. The number of amides is 1. The molecule has 0 unspecified atom stereocenters. The number of aryl methyl sites for hydroxylation is 1. The molecule has 0 saturated carbocycles. The number of halogens is 1. The molecule has 2 aromatic carbocycles. The molecule has 0 aliphatic rings. The molecule has 0 radical (unpaired) electrons. The second-order valence-electron chi connectivity index (χ2n) is 7.78. The molecule has 0 aliphatic heterocycles. The van der Waals surface area contributed by atoms with Gasteiger partial charge in [-0.1, -0.05) is 23.7 Å². The molecule has 1 amide bonds. The van der Waals surface area contributed by atoms with Crippen LogP contribution in [0.5, 0.6) is 11.5 Å². The first-order valence-electron chi connectivity index (χ1n) is 10.6. The van der Waals surface area contributed by atoms with Gasteiger partial charge in [-0.25, -0.2) is 4.98 Å². The van der Waals surface area contributed by atoms with Crippen molar-refractivity contribution in [2.45, 2.75) is 13.5 Å². The highest BCUT2D eigenvalue weighted by molar-refractivity contribution is 6.32. The van der Waals surface area contributed by atoms with Gasteiger partial charge >= 0.3 is 0 Å². The number of hydrogen-bond donors (Lipinski definition) is 1. The van der Waals surface area contributed by atoms with E-state index in [0.717, 1.165) is 0 Å². The molecule has 0 aliphatic carbocycles.